The number of nitrogens with zero attached hydrogens (tertiary/aromatic N) is 1. The number of carbonyl (C=O) groups excluding carboxylic acids is 1. The molecule has 0 saturated heterocycles. The molecule has 0 fully saturated rings. The first-order valence-corrected chi connectivity index (χ1v) is 6.90. The number of nitrogens with one attached hydrogen (secondary N) is 1. The monoisotopic (exact) mass is 284 g/mol. The molecule has 0 aliphatic heterocycles. The second-order valence-corrected chi connectivity index (χ2v) is 5.09. The summed E-state index contributed by atoms with van der Waals surface area (Å²) in [7, 11) is 1.63. The van der Waals surface area contributed by atoms with Crippen LogP contribution >= 0.6 is 0 Å². The standard InChI is InChI=1S/C17H20N2O2/c1-12-7-13(2)17(21-3)15(8-12)9-16(20)19-11-14-5-4-6-18-10-14/h4-8,10H,9,11H2,1-3H3,(H,19,20). The maximum atomic E-state index is 12.1. The largest absolute Gasteiger partial charge is 0.496 e. The molecule has 0 radical (unpaired) electrons. The normalized spacial score (nSPS) is 10.2. The van der Waals surface area contributed by atoms with Crippen LogP contribution in [0.25, 0.3) is 0 Å². The van der Waals surface area contributed by atoms with Gasteiger partial charge in [-0.15, -0.1) is 0 Å². The maximum Gasteiger partial charge on any atom is 0.224 e. The van der Waals surface area contributed by atoms with Crippen LogP contribution in [0.15, 0.2) is 36.7 Å². The van der Waals surface area contributed by atoms with Crippen molar-refractivity contribution >= 4 is 5.91 Å². The second-order valence-electron chi connectivity index (χ2n) is 5.09. The molecule has 2 aromatic rings. The third-order valence-corrected chi connectivity index (χ3v) is 3.26. The van der Waals surface area contributed by atoms with Crippen molar-refractivity contribution in [2.75, 3.05) is 7.11 Å². The molecule has 0 saturated carbocycles. The predicted molar refractivity (Wildman–Crippen MR) is 82.3 cm³/mol. The lowest BCUT2D eigenvalue weighted by atomic mass is 10.0. The maximum absolute atomic E-state index is 12.1. The van der Waals surface area contributed by atoms with E-state index in [1.165, 1.54) is 0 Å². The van der Waals surface area contributed by atoms with Crippen molar-refractivity contribution < 1.29 is 9.53 Å². The van der Waals surface area contributed by atoms with Crippen LogP contribution < -0.4 is 10.1 Å². The number of hydrogen-bond acceptors (Lipinski definition) is 3. The number of ether oxygens (including phenoxy) is 1. The summed E-state index contributed by atoms with van der Waals surface area (Å²) in [6, 6.07) is 7.84. The van der Waals surface area contributed by atoms with E-state index in [-0.39, 0.29) is 5.91 Å². The minimum Gasteiger partial charge on any atom is -0.496 e. The molecular weight excluding hydrogens is 264 g/mol. The van der Waals surface area contributed by atoms with Gasteiger partial charge in [-0.3, -0.25) is 9.78 Å². The van der Waals surface area contributed by atoms with E-state index in [0.29, 0.717) is 13.0 Å². The first-order chi connectivity index (χ1) is 10.1. The highest BCUT2D eigenvalue weighted by Gasteiger charge is 2.11. The van der Waals surface area contributed by atoms with E-state index in [2.05, 4.69) is 16.4 Å². The minimum absolute atomic E-state index is 0.0258. The van der Waals surface area contributed by atoms with Gasteiger partial charge in [-0.1, -0.05) is 23.8 Å². The van der Waals surface area contributed by atoms with E-state index in [0.717, 1.165) is 28.0 Å². The average Bonchev–Trinajstić information content (AvgIpc) is 2.46. The second kappa shape index (κ2) is 6.88. The lowest BCUT2D eigenvalue weighted by Crippen LogP contribution is -2.24. The van der Waals surface area contributed by atoms with E-state index in [1.807, 2.05) is 32.0 Å². The SMILES string of the molecule is COc1c(C)cc(C)cc1CC(=O)NCc1cccnc1. The molecule has 0 atom stereocenters. The highest BCUT2D eigenvalue weighted by molar-refractivity contribution is 5.79. The van der Waals surface area contributed by atoms with Crippen molar-refractivity contribution in [1.82, 2.24) is 10.3 Å². The summed E-state index contributed by atoms with van der Waals surface area (Å²) in [5.41, 5.74) is 4.08. The van der Waals surface area contributed by atoms with Gasteiger partial charge in [0, 0.05) is 24.5 Å². The van der Waals surface area contributed by atoms with Gasteiger partial charge in [-0.05, 0) is 31.0 Å². The molecule has 4 heteroatoms. The Kier molecular flexibility index (Phi) is 4.93. The number of pyridine rings is 1. The molecule has 0 unspecified atom stereocenters. The van der Waals surface area contributed by atoms with Crippen LogP contribution in [0.2, 0.25) is 0 Å². The van der Waals surface area contributed by atoms with E-state index in [9.17, 15) is 4.79 Å². The molecule has 0 spiro atoms. The molecule has 2 rings (SSSR count). The van der Waals surface area contributed by atoms with Crippen molar-refractivity contribution in [3.63, 3.8) is 0 Å². The fraction of sp³-hybridized carbons (Fsp3) is 0.294. The third-order valence-electron chi connectivity index (χ3n) is 3.26. The lowest BCUT2D eigenvalue weighted by molar-refractivity contribution is -0.120. The number of rotatable bonds is 5. The third kappa shape index (κ3) is 4.05. The van der Waals surface area contributed by atoms with Crippen LogP contribution in [-0.4, -0.2) is 18.0 Å². The summed E-state index contributed by atoms with van der Waals surface area (Å²) >= 11 is 0. The lowest BCUT2D eigenvalue weighted by Gasteiger charge is -2.13. The Labute approximate surface area is 125 Å². The molecule has 110 valence electrons. The van der Waals surface area contributed by atoms with E-state index in [1.54, 1.807) is 19.5 Å². The number of carbonyl (C=O) groups is 1. The van der Waals surface area contributed by atoms with E-state index in [4.69, 9.17) is 4.74 Å². The van der Waals surface area contributed by atoms with Gasteiger partial charge in [0.05, 0.1) is 13.5 Å². The Morgan fingerprint density at radius 1 is 1.33 bits per heavy atom. The number of benzene rings is 1. The van der Waals surface area contributed by atoms with Crippen molar-refractivity contribution in [3.05, 3.63) is 58.9 Å². The van der Waals surface area contributed by atoms with Gasteiger partial charge in [-0.2, -0.15) is 0 Å². The zero-order valence-electron chi connectivity index (χ0n) is 12.6. The van der Waals surface area contributed by atoms with Crippen LogP contribution in [0.3, 0.4) is 0 Å². The van der Waals surface area contributed by atoms with Gasteiger partial charge in [0.15, 0.2) is 0 Å². The Morgan fingerprint density at radius 2 is 2.14 bits per heavy atom. The highest BCUT2D eigenvalue weighted by Crippen LogP contribution is 2.25. The van der Waals surface area contributed by atoms with E-state index < -0.39 is 0 Å². The summed E-state index contributed by atoms with van der Waals surface area (Å²) in [4.78, 5) is 16.1. The Morgan fingerprint density at radius 3 is 2.81 bits per heavy atom. The molecule has 1 aromatic heterocycles. The molecule has 1 aromatic carbocycles. The molecule has 1 heterocycles. The van der Waals surface area contributed by atoms with E-state index >= 15 is 0 Å². The molecule has 0 aliphatic carbocycles. The number of aromatic nitrogens is 1. The number of amides is 1. The number of methoxy groups -OCH3 is 1. The summed E-state index contributed by atoms with van der Waals surface area (Å²) in [6.45, 7) is 4.49. The molecule has 1 amide bonds. The Hall–Kier alpha value is -2.36. The smallest absolute Gasteiger partial charge is 0.224 e. The predicted octanol–water partition coefficient (Wildman–Crippen LogP) is 2.57. The molecule has 0 aliphatic rings. The fourth-order valence-electron chi connectivity index (χ4n) is 2.40. The molecule has 1 N–H and O–H groups in total. The number of hydrogen-bond donors (Lipinski definition) is 1. The zero-order chi connectivity index (χ0) is 15.2. The Bertz CT molecular complexity index is 624. The first-order valence-electron chi connectivity index (χ1n) is 6.90. The average molecular weight is 284 g/mol. The number of aryl methyl sites for hydroxylation is 2. The quantitative estimate of drug-likeness (QED) is 0.918. The van der Waals surface area contributed by atoms with Gasteiger partial charge in [0.2, 0.25) is 5.91 Å². The molecule has 21 heavy (non-hydrogen) atoms. The van der Waals surface area contributed by atoms with Crippen LogP contribution in [0.4, 0.5) is 0 Å². The van der Waals surface area contributed by atoms with Gasteiger partial charge in [0.25, 0.3) is 0 Å². The van der Waals surface area contributed by atoms with Gasteiger partial charge < -0.3 is 10.1 Å². The Balaban J connectivity index is 2.03. The van der Waals surface area contributed by atoms with Crippen LogP contribution in [-0.2, 0) is 17.8 Å². The van der Waals surface area contributed by atoms with Gasteiger partial charge >= 0.3 is 0 Å². The van der Waals surface area contributed by atoms with Crippen molar-refractivity contribution in [3.8, 4) is 5.75 Å². The topological polar surface area (TPSA) is 51.2 Å². The zero-order valence-corrected chi connectivity index (χ0v) is 12.6. The molecular formula is C17H20N2O2. The van der Waals surface area contributed by atoms with Crippen molar-refractivity contribution in [2.24, 2.45) is 0 Å². The summed E-state index contributed by atoms with van der Waals surface area (Å²) in [5, 5.41) is 2.90. The first kappa shape index (κ1) is 15.0. The van der Waals surface area contributed by atoms with Gasteiger partial charge in [0.1, 0.15) is 5.75 Å². The summed E-state index contributed by atoms with van der Waals surface area (Å²) in [6.07, 6.45) is 3.77. The molecule has 4 nitrogen and oxygen atoms in total. The van der Waals surface area contributed by atoms with Crippen molar-refractivity contribution in [2.45, 2.75) is 26.8 Å². The van der Waals surface area contributed by atoms with Crippen LogP contribution in [0.1, 0.15) is 22.3 Å². The summed E-state index contributed by atoms with van der Waals surface area (Å²) < 4.78 is 5.40. The van der Waals surface area contributed by atoms with Crippen molar-refractivity contribution in [1.29, 1.82) is 0 Å². The highest BCUT2D eigenvalue weighted by atomic mass is 16.5. The fourth-order valence-corrected chi connectivity index (χ4v) is 2.40. The van der Waals surface area contributed by atoms with Crippen LogP contribution in [0.5, 0.6) is 5.75 Å². The summed E-state index contributed by atoms with van der Waals surface area (Å²) in [5.74, 6) is 0.763. The van der Waals surface area contributed by atoms with Crippen LogP contribution in [0, 0.1) is 13.8 Å². The minimum atomic E-state index is -0.0258. The van der Waals surface area contributed by atoms with Gasteiger partial charge in [-0.25, -0.2) is 0 Å². The molecule has 0 bridgehead atoms.